The fourth-order valence-electron chi connectivity index (χ4n) is 2.18. The van der Waals surface area contributed by atoms with Crippen LogP contribution >= 0.6 is 23.5 Å². The molecule has 3 nitrogen and oxygen atoms in total. The zero-order valence-electron chi connectivity index (χ0n) is 11.0. The monoisotopic (exact) mass is 299 g/mol. The van der Waals surface area contributed by atoms with Crippen molar-refractivity contribution in [2.24, 2.45) is 0 Å². The summed E-state index contributed by atoms with van der Waals surface area (Å²) in [4.78, 5) is 12.2. The molecule has 0 spiro atoms. The van der Waals surface area contributed by atoms with E-state index in [0.717, 1.165) is 41.8 Å². The molecule has 104 valence electrons. The van der Waals surface area contributed by atoms with E-state index >= 15 is 0 Å². The molecular formula is C14H18ClNO2S. The quantitative estimate of drug-likeness (QED) is 0.359. The smallest absolute Gasteiger partial charge is 0.162 e. The number of unbranched alkanes of at least 4 members (excludes halogenated alkanes) is 1. The highest BCUT2D eigenvalue weighted by Gasteiger charge is 2.19. The van der Waals surface area contributed by atoms with E-state index in [9.17, 15) is 4.79 Å². The molecule has 0 amide bonds. The van der Waals surface area contributed by atoms with Crippen molar-refractivity contribution < 1.29 is 9.53 Å². The average molecular weight is 300 g/mol. The van der Waals surface area contributed by atoms with Crippen molar-refractivity contribution in [1.29, 1.82) is 0 Å². The number of Topliss-reactive ketones (excluding diaryl/α,β-unsaturated/α-hetero) is 1. The maximum Gasteiger partial charge on any atom is 0.162 e. The number of alkyl halides is 1. The van der Waals surface area contributed by atoms with Gasteiger partial charge < -0.3 is 9.46 Å². The lowest BCUT2D eigenvalue weighted by Crippen LogP contribution is -2.01. The Kier molecular flexibility index (Phi) is 5.40. The molecule has 1 aromatic rings. The Morgan fingerprint density at radius 3 is 3.05 bits per heavy atom. The summed E-state index contributed by atoms with van der Waals surface area (Å²) < 4.78 is 8.80. The maximum atomic E-state index is 12.2. The van der Waals surface area contributed by atoms with E-state index in [2.05, 4.69) is 4.72 Å². The maximum absolute atomic E-state index is 12.2. The Labute approximate surface area is 123 Å². The number of ketones is 1. The summed E-state index contributed by atoms with van der Waals surface area (Å²) >= 11 is 7.14. The van der Waals surface area contributed by atoms with E-state index in [4.69, 9.17) is 16.3 Å². The van der Waals surface area contributed by atoms with Crippen molar-refractivity contribution in [3.63, 3.8) is 0 Å². The second-order valence-corrected chi connectivity index (χ2v) is 5.48. The minimum absolute atomic E-state index is 0.184. The van der Waals surface area contributed by atoms with Crippen LogP contribution in [-0.4, -0.2) is 24.5 Å². The number of carbonyl (C=O) groups excluding carboxylic acids is 1. The molecule has 1 aliphatic rings. The molecule has 1 N–H and O–H groups in total. The predicted molar refractivity (Wildman–Crippen MR) is 81.7 cm³/mol. The van der Waals surface area contributed by atoms with Crippen LogP contribution in [0.3, 0.4) is 0 Å². The van der Waals surface area contributed by atoms with Gasteiger partial charge in [-0.25, -0.2) is 0 Å². The van der Waals surface area contributed by atoms with Crippen LogP contribution in [0.25, 0.3) is 0 Å². The molecule has 0 atom stereocenters. The normalized spacial score (nSPS) is 12.9. The molecule has 1 aromatic carbocycles. The molecule has 0 unspecified atom stereocenters. The van der Waals surface area contributed by atoms with Crippen molar-refractivity contribution in [3.8, 4) is 5.75 Å². The first-order chi connectivity index (χ1) is 9.26. The molecule has 2 rings (SSSR count). The summed E-state index contributed by atoms with van der Waals surface area (Å²) in [5, 5.41) is 0. The van der Waals surface area contributed by atoms with Crippen LogP contribution in [0, 0.1) is 0 Å². The molecule has 0 saturated carbocycles. The third-order valence-electron chi connectivity index (χ3n) is 3.11. The average Bonchev–Trinajstić information content (AvgIpc) is 2.87. The van der Waals surface area contributed by atoms with E-state index in [0.29, 0.717) is 18.9 Å². The minimum Gasteiger partial charge on any atom is -0.491 e. The number of nitrogens with one attached hydrogen (secondary N) is 1. The minimum atomic E-state index is 0.184. The van der Waals surface area contributed by atoms with Gasteiger partial charge in [0.15, 0.2) is 5.78 Å². The first-order valence-corrected chi connectivity index (χ1v) is 8.20. The van der Waals surface area contributed by atoms with Crippen molar-refractivity contribution in [1.82, 2.24) is 0 Å². The number of halogens is 1. The van der Waals surface area contributed by atoms with E-state index in [1.54, 1.807) is 0 Å². The summed E-state index contributed by atoms with van der Waals surface area (Å²) in [6, 6.07) is 3.86. The zero-order chi connectivity index (χ0) is 13.7. The molecule has 1 heterocycles. The van der Waals surface area contributed by atoms with Gasteiger partial charge in [0, 0.05) is 36.1 Å². The second-order valence-electron chi connectivity index (χ2n) is 4.49. The second kappa shape index (κ2) is 7.06. The Morgan fingerprint density at radius 2 is 2.32 bits per heavy atom. The van der Waals surface area contributed by atoms with Gasteiger partial charge >= 0.3 is 0 Å². The summed E-state index contributed by atoms with van der Waals surface area (Å²) in [6.45, 7) is 0.697. The number of rotatable bonds is 7. The van der Waals surface area contributed by atoms with Crippen molar-refractivity contribution in [2.45, 2.75) is 25.7 Å². The first kappa shape index (κ1) is 14.5. The van der Waals surface area contributed by atoms with Crippen LogP contribution in [0.2, 0.25) is 0 Å². The fraction of sp³-hybridized carbons (Fsp3) is 0.500. The molecular weight excluding hydrogens is 282 g/mol. The number of anilines is 1. The highest BCUT2D eigenvalue weighted by atomic mass is 35.5. The Morgan fingerprint density at radius 1 is 1.47 bits per heavy atom. The summed E-state index contributed by atoms with van der Waals surface area (Å²) in [5.41, 5.74) is 2.80. The van der Waals surface area contributed by atoms with Gasteiger partial charge in [0.1, 0.15) is 5.75 Å². The summed E-state index contributed by atoms with van der Waals surface area (Å²) in [7, 11) is 0. The number of carbonyl (C=O) groups is 1. The predicted octanol–water partition coefficient (Wildman–Crippen LogP) is 3.90. The molecule has 0 aromatic heterocycles. The Bertz CT molecular complexity index is 465. The molecule has 0 radical (unpaired) electrons. The largest absolute Gasteiger partial charge is 0.491 e. The molecule has 1 aliphatic heterocycles. The van der Waals surface area contributed by atoms with Crippen LogP contribution in [0.1, 0.15) is 35.2 Å². The summed E-state index contributed by atoms with van der Waals surface area (Å²) in [6.07, 6.45) is 5.13. The van der Waals surface area contributed by atoms with E-state index < -0.39 is 0 Å². The fourth-order valence-corrected chi connectivity index (χ4v) is 2.74. The molecule has 0 fully saturated rings. The van der Waals surface area contributed by atoms with Gasteiger partial charge in [-0.05, 0) is 25.0 Å². The highest BCUT2D eigenvalue weighted by molar-refractivity contribution is 7.99. The zero-order valence-corrected chi connectivity index (χ0v) is 12.6. The summed E-state index contributed by atoms with van der Waals surface area (Å²) in [5.74, 6) is 1.69. The van der Waals surface area contributed by atoms with Crippen molar-refractivity contribution in [3.05, 3.63) is 23.3 Å². The van der Waals surface area contributed by atoms with E-state index in [1.807, 2.05) is 18.4 Å². The van der Waals surface area contributed by atoms with Crippen LogP contribution in [0.15, 0.2) is 12.1 Å². The lowest BCUT2D eigenvalue weighted by atomic mass is 10.0. The standard InChI is InChI=1S/C14H18ClNO2S/c1-19-16-12-9-11(13(17)4-2-3-6-15)8-10-5-7-18-14(10)12/h8-9,16H,2-7H2,1H3. The van der Waals surface area contributed by atoms with Gasteiger partial charge in [-0.1, -0.05) is 11.9 Å². The number of fused-ring (bicyclic) bond motifs is 1. The molecule has 0 saturated heterocycles. The Balaban J connectivity index is 2.17. The van der Waals surface area contributed by atoms with Crippen molar-refractivity contribution in [2.75, 3.05) is 23.5 Å². The molecule has 5 heteroatoms. The Hall–Kier alpha value is -0.870. The number of hydrogen-bond donors (Lipinski definition) is 1. The van der Waals surface area contributed by atoms with Crippen LogP contribution in [0.5, 0.6) is 5.75 Å². The van der Waals surface area contributed by atoms with Gasteiger partial charge in [-0.3, -0.25) is 4.79 Å². The first-order valence-electron chi connectivity index (χ1n) is 6.44. The van der Waals surface area contributed by atoms with Crippen molar-refractivity contribution >= 4 is 35.0 Å². The molecule has 0 bridgehead atoms. The van der Waals surface area contributed by atoms with Gasteiger partial charge in [-0.15, -0.1) is 11.6 Å². The lowest BCUT2D eigenvalue weighted by Gasteiger charge is -2.11. The van der Waals surface area contributed by atoms with Gasteiger partial charge in [0.25, 0.3) is 0 Å². The lowest BCUT2D eigenvalue weighted by molar-refractivity contribution is 0.0980. The number of benzene rings is 1. The van der Waals surface area contributed by atoms with Crippen LogP contribution < -0.4 is 9.46 Å². The van der Waals surface area contributed by atoms with Gasteiger partial charge in [-0.2, -0.15) is 0 Å². The molecule has 19 heavy (non-hydrogen) atoms. The van der Waals surface area contributed by atoms with Gasteiger partial charge in [0.2, 0.25) is 0 Å². The van der Waals surface area contributed by atoms with E-state index in [-0.39, 0.29) is 5.78 Å². The topological polar surface area (TPSA) is 38.3 Å². The number of ether oxygens (including phenoxy) is 1. The van der Waals surface area contributed by atoms with Gasteiger partial charge in [0.05, 0.1) is 12.3 Å². The third-order valence-corrected chi connectivity index (χ3v) is 3.80. The van der Waals surface area contributed by atoms with Crippen LogP contribution in [-0.2, 0) is 6.42 Å². The third kappa shape index (κ3) is 3.57. The molecule has 0 aliphatic carbocycles. The van der Waals surface area contributed by atoms with E-state index in [1.165, 1.54) is 11.9 Å². The number of hydrogen-bond acceptors (Lipinski definition) is 4. The van der Waals surface area contributed by atoms with Crippen LogP contribution in [0.4, 0.5) is 5.69 Å². The highest BCUT2D eigenvalue weighted by Crippen LogP contribution is 2.36. The SMILES string of the molecule is CSNc1cc(C(=O)CCCCCl)cc2c1OCC2.